The molecule has 0 saturated heterocycles. The van der Waals surface area contributed by atoms with Gasteiger partial charge in [0, 0.05) is 6.54 Å². The average Bonchev–Trinajstić information content (AvgIpc) is 2.46. The van der Waals surface area contributed by atoms with Gasteiger partial charge in [-0.1, -0.05) is 12.7 Å². The molecule has 0 bridgehead atoms. The van der Waals surface area contributed by atoms with Gasteiger partial charge in [-0.15, -0.1) is 0 Å². The number of rotatable bonds is 7. The van der Waals surface area contributed by atoms with E-state index in [9.17, 15) is 0 Å². The fourth-order valence-electron chi connectivity index (χ4n) is 1.46. The maximum atomic E-state index is 5.60. The van der Waals surface area contributed by atoms with Gasteiger partial charge in [-0.05, 0) is 59.4 Å². The molecule has 0 aliphatic rings. The van der Waals surface area contributed by atoms with E-state index < -0.39 is 0 Å². The molecular weight excluding hydrogens is 401 g/mol. The Hall–Kier alpha value is -1.35. The molecule has 0 atom stereocenters. The van der Waals surface area contributed by atoms with E-state index in [4.69, 9.17) is 21.7 Å². The summed E-state index contributed by atoms with van der Waals surface area (Å²) in [6.45, 7) is 6.78. The predicted octanol–water partition coefficient (Wildman–Crippen LogP) is 2.68. The quantitative estimate of drug-likeness (QED) is 0.234. The number of thiocarbonyl (C=S) groups is 1. The number of ether oxygens (including phenoxy) is 2. The van der Waals surface area contributed by atoms with Gasteiger partial charge in [-0.3, -0.25) is 5.43 Å². The topological polar surface area (TPSA) is 54.9 Å². The maximum absolute atomic E-state index is 5.60. The molecule has 0 amide bonds. The molecule has 7 heteroatoms. The smallest absolute Gasteiger partial charge is 0.186 e. The average molecular weight is 419 g/mol. The van der Waals surface area contributed by atoms with Gasteiger partial charge in [0.2, 0.25) is 0 Å². The van der Waals surface area contributed by atoms with Crippen molar-refractivity contribution in [2.75, 3.05) is 20.3 Å². The number of methoxy groups -OCH3 is 1. The zero-order valence-electron chi connectivity index (χ0n) is 12.0. The van der Waals surface area contributed by atoms with Crippen molar-refractivity contribution in [3.8, 4) is 11.5 Å². The Morgan fingerprint density at radius 1 is 1.52 bits per heavy atom. The zero-order chi connectivity index (χ0) is 15.7. The summed E-state index contributed by atoms with van der Waals surface area (Å²) in [7, 11) is 1.60. The summed E-state index contributed by atoms with van der Waals surface area (Å²) >= 11 is 7.21. The second-order valence-corrected chi connectivity index (χ2v) is 5.43. The van der Waals surface area contributed by atoms with E-state index in [0.717, 1.165) is 15.7 Å². The van der Waals surface area contributed by atoms with E-state index in [1.807, 2.05) is 19.1 Å². The van der Waals surface area contributed by atoms with Crippen molar-refractivity contribution in [2.24, 2.45) is 5.10 Å². The van der Waals surface area contributed by atoms with Gasteiger partial charge >= 0.3 is 0 Å². The molecule has 114 valence electrons. The lowest BCUT2D eigenvalue weighted by atomic mass is 10.2. The van der Waals surface area contributed by atoms with Crippen LogP contribution in [0.25, 0.3) is 0 Å². The van der Waals surface area contributed by atoms with Gasteiger partial charge in [0.15, 0.2) is 16.6 Å². The van der Waals surface area contributed by atoms with Crippen LogP contribution in [-0.4, -0.2) is 31.6 Å². The van der Waals surface area contributed by atoms with Crippen LogP contribution in [0.3, 0.4) is 0 Å². The van der Waals surface area contributed by atoms with E-state index in [1.165, 1.54) is 0 Å². The first kappa shape index (κ1) is 17.7. The molecule has 0 heterocycles. The second kappa shape index (κ2) is 9.56. The first-order chi connectivity index (χ1) is 10.1. The summed E-state index contributed by atoms with van der Waals surface area (Å²) in [6, 6.07) is 3.80. The lowest BCUT2D eigenvalue weighted by Crippen LogP contribution is -2.31. The highest BCUT2D eigenvalue weighted by atomic mass is 127. The van der Waals surface area contributed by atoms with Crippen LogP contribution in [-0.2, 0) is 0 Å². The van der Waals surface area contributed by atoms with Crippen molar-refractivity contribution >= 4 is 46.1 Å². The molecule has 21 heavy (non-hydrogen) atoms. The molecule has 1 aromatic rings. The fraction of sp³-hybridized carbons (Fsp3) is 0.286. The molecule has 0 fully saturated rings. The van der Waals surface area contributed by atoms with Crippen LogP contribution in [0.5, 0.6) is 11.5 Å². The number of hydrazone groups is 1. The third-order valence-corrected chi connectivity index (χ3v) is 3.35. The molecule has 0 aliphatic carbocycles. The molecular formula is C14H18IN3O2S. The monoisotopic (exact) mass is 419 g/mol. The first-order valence-corrected chi connectivity index (χ1v) is 7.79. The summed E-state index contributed by atoms with van der Waals surface area (Å²) in [5.74, 6) is 1.35. The highest BCUT2D eigenvalue weighted by Gasteiger charge is 2.10. The molecule has 0 aromatic heterocycles. The van der Waals surface area contributed by atoms with E-state index in [0.29, 0.717) is 23.2 Å². The first-order valence-electron chi connectivity index (χ1n) is 6.30. The zero-order valence-corrected chi connectivity index (χ0v) is 15.0. The van der Waals surface area contributed by atoms with Crippen LogP contribution < -0.4 is 20.2 Å². The number of hydrogen-bond donors (Lipinski definition) is 2. The van der Waals surface area contributed by atoms with E-state index >= 15 is 0 Å². The molecule has 0 spiro atoms. The van der Waals surface area contributed by atoms with E-state index in [-0.39, 0.29) is 0 Å². The maximum Gasteiger partial charge on any atom is 0.186 e. The van der Waals surface area contributed by atoms with Crippen molar-refractivity contribution in [3.63, 3.8) is 0 Å². The van der Waals surface area contributed by atoms with Gasteiger partial charge in [-0.2, -0.15) is 5.10 Å². The van der Waals surface area contributed by atoms with Crippen LogP contribution in [0.1, 0.15) is 12.5 Å². The summed E-state index contributed by atoms with van der Waals surface area (Å²) in [6.07, 6.45) is 3.36. The Kier molecular flexibility index (Phi) is 8.06. The Morgan fingerprint density at radius 2 is 2.29 bits per heavy atom. The van der Waals surface area contributed by atoms with Crippen molar-refractivity contribution < 1.29 is 9.47 Å². The Bertz CT molecular complexity index is 535. The van der Waals surface area contributed by atoms with E-state index in [2.05, 4.69) is 45.0 Å². The minimum absolute atomic E-state index is 0.429. The molecule has 1 aromatic carbocycles. The number of nitrogens with zero attached hydrogens (tertiary/aromatic N) is 1. The molecule has 0 radical (unpaired) electrons. The number of nitrogens with one attached hydrogen (secondary N) is 2. The molecule has 0 aliphatic heterocycles. The standard InChI is InChI=1S/C14H18IN3O2S/c1-4-6-20-13-11(15)7-10(8-12(13)19-3)9-17-18-14(21)16-5-2/h4,7-9H,1,5-6H2,2-3H3,(H2,16,18,21). The Balaban J connectivity index is 2.85. The lowest BCUT2D eigenvalue weighted by Gasteiger charge is -2.12. The molecule has 1 rings (SSSR count). The van der Waals surface area contributed by atoms with Crippen molar-refractivity contribution in [3.05, 3.63) is 33.9 Å². The van der Waals surface area contributed by atoms with E-state index in [1.54, 1.807) is 19.4 Å². The highest BCUT2D eigenvalue weighted by Crippen LogP contribution is 2.33. The molecule has 5 nitrogen and oxygen atoms in total. The SMILES string of the molecule is C=CCOc1c(I)cc(C=NNC(=S)NCC)cc1OC. The Labute approximate surface area is 143 Å². The Morgan fingerprint density at radius 3 is 2.90 bits per heavy atom. The molecule has 0 unspecified atom stereocenters. The van der Waals surface area contributed by atoms with Crippen LogP contribution in [0.4, 0.5) is 0 Å². The number of benzene rings is 1. The second-order valence-electron chi connectivity index (χ2n) is 3.86. The van der Waals surface area contributed by atoms with Gasteiger partial charge in [0.25, 0.3) is 0 Å². The summed E-state index contributed by atoms with van der Waals surface area (Å²) in [5.41, 5.74) is 3.62. The largest absolute Gasteiger partial charge is 0.493 e. The van der Waals surface area contributed by atoms with Gasteiger partial charge in [0.1, 0.15) is 6.61 Å². The summed E-state index contributed by atoms with van der Waals surface area (Å²) in [4.78, 5) is 0. The minimum Gasteiger partial charge on any atom is -0.493 e. The van der Waals surface area contributed by atoms with Crippen LogP contribution in [0.15, 0.2) is 29.9 Å². The molecule has 2 N–H and O–H groups in total. The van der Waals surface area contributed by atoms with Gasteiger partial charge < -0.3 is 14.8 Å². The van der Waals surface area contributed by atoms with Crippen LogP contribution >= 0.6 is 34.8 Å². The number of halogens is 1. The summed E-state index contributed by atoms with van der Waals surface area (Å²) < 4.78 is 11.9. The minimum atomic E-state index is 0.429. The third-order valence-electron chi connectivity index (χ3n) is 2.31. The van der Waals surface area contributed by atoms with Gasteiger partial charge in [0.05, 0.1) is 16.9 Å². The highest BCUT2D eigenvalue weighted by molar-refractivity contribution is 14.1. The van der Waals surface area contributed by atoms with Gasteiger partial charge in [-0.25, -0.2) is 0 Å². The third kappa shape index (κ3) is 5.88. The number of hydrogen-bond acceptors (Lipinski definition) is 4. The van der Waals surface area contributed by atoms with Crippen LogP contribution in [0, 0.1) is 3.57 Å². The summed E-state index contributed by atoms with van der Waals surface area (Å²) in [5, 5.41) is 7.51. The molecule has 0 saturated carbocycles. The van der Waals surface area contributed by atoms with Crippen molar-refractivity contribution in [1.82, 2.24) is 10.7 Å². The fourth-order valence-corrected chi connectivity index (χ4v) is 2.44. The normalized spacial score (nSPS) is 10.2. The van der Waals surface area contributed by atoms with Crippen molar-refractivity contribution in [2.45, 2.75) is 6.92 Å². The lowest BCUT2D eigenvalue weighted by molar-refractivity contribution is 0.324. The van der Waals surface area contributed by atoms with Crippen molar-refractivity contribution in [1.29, 1.82) is 0 Å². The van der Waals surface area contributed by atoms with Crippen LogP contribution in [0.2, 0.25) is 0 Å². The predicted molar refractivity (Wildman–Crippen MR) is 98.4 cm³/mol.